The maximum absolute atomic E-state index is 4.80. The third kappa shape index (κ3) is 4.46. The Morgan fingerprint density at radius 2 is 1.90 bits per heavy atom. The third-order valence-corrected chi connectivity index (χ3v) is 4.85. The Labute approximate surface area is 170 Å². The highest BCUT2D eigenvalue weighted by Crippen LogP contribution is 2.28. The Morgan fingerprint density at radius 1 is 1.03 bits per heavy atom. The van der Waals surface area contributed by atoms with E-state index in [-0.39, 0.29) is 0 Å². The Morgan fingerprint density at radius 3 is 2.66 bits per heavy atom. The maximum atomic E-state index is 4.80. The van der Waals surface area contributed by atoms with Gasteiger partial charge in [-0.05, 0) is 54.7 Å². The summed E-state index contributed by atoms with van der Waals surface area (Å²) in [6, 6.07) is 19.0. The van der Waals surface area contributed by atoms with Gasteiger partial charge in [0.1, 0.15) is 0 Å². The monoisotopic (exact) mass is 383 g/mol. The van der Waals surface area contributed by atoms with Gasteiger partial charge in [-0.15, -0.1) is 0 Å². The molecule has 0 aliphatic rings. The van der Waals surface area contributed by atoms with Gasteiger partial charge in [-0.25, -0.2) is 4.98 Å². The quantitative estimate of drug-likeness (QED) is 0.405. The highest BCUT2D eigenvalue weighted by molar-refractivity contribution is 5.86. The highest BCUT2D eigenvalue weighted by Gasteiger charge is 2.12. The van der Waals surface area contributed by atoms with Crippen molar-refractivity contribution in [2.24, 2.45) is 0 Å². The molecule has 0 aliphatic heterocycles. The molecule has 4 rings (SSSR count). The van der Waals surface area contributed by atoms with Crippen molar-refractivity contribution in [1.29, 1.82) is 0 Å². The second-order valence-electron chi connectivity index (χ2n) is 6.98. The lowest BCUT2D eigenvalue weighted by Gasteiger charge is -2.07. The van der Waals surface area contributed by atoms with Crippen molar-refractivity contribution in [2.75, 3.05) is 11.9 Å². The van der Waals surface area contributed by atoms with Crippen molar-refractivity contribution in [3.8, 4) is 11.1 Å². The molecule has 2 heterocycles. The summed E-state index contributed by atoms with van der Waals surface area (Å²) < 4.78 is 0. The third-order valence-electron chi connectivity index (χ3n) is 4.85. The van der Waals surface area contributed by atoms with Crippen molar-refractivity contribution in [2.45, 2.75) is 19.8 Å². The number of H-pyrrole nitrogens is 1. The van der Waals surface area contributed by atoms with Crippen LogP contribution in [-0.4, -0.2) is 21.5 Å². The molecule has 0 aliphatic carbocycles. The van der Waals surface area contributed by atoms with E-state index in [2.05, 4.69) is 69.6 Å². The molecule has 0 spiro atoms. The van der Waals surface area contributed by atoms with Crippen LogP contribution < -0.4 is 10.6 Å². The van der Waals surface area contributed by atoms with Crippen LogP contribution in [0.5, 0.6) is 0 Å². The molecule has 29 heavy (non-hydrogen) atoms. The van der Waals surface area contributed by atoms with Crippen molar-refractivity contribution >= 4 is 17.0 Å². The van der Waals surface area contributed by atoms with Crippen LogP contribution in [-0.2, 0) is 12.8 Å². The summed E-state index contributed by atoms with van der Waals surface area (Å²) in [5, 5.41) is 6.37. The molecule has 0 bridgehead atoms. The molecule has 0 fully saturated rings. The number of aromatic nitrogens is 3. The van der Waals surface area contributed by atoms with E-state index in [1.165, 1.54) is 11.1 Å². The van der Waals surface area contributed by atoms with E-state index < -0.39 is 0 Å². The van der Waals surface area contributed by atoms with E-state index in [0.717, 1.165) is 47.4 Å². The van der Waals surface area contributed by atoms with Crippen LogP contribution in [0.3, 0.4) is 0 Å². The number of benzene rings is 2. The molecule has 0 saturated carbocycles. The second-order valence-corrected chi connectivity index (χ2v) is 6.98. The molecule has 146 valence electrons. The van der Waals surface area contributed by atoms with Crippen LogP contribution in [0.1, 0.15) is 18.1 Å². The fourth-order valence-corrected chi connectivity index (χ4v) is 3.46. The van der Waals surface area contributed by atoms with Crippen molar-refractivity contribution in [3.05, 3.63) is 90.5 Å². The number of hydrogen-bond acceptors (Lipinski definition) is 4. The van der Waals surface area contributed by atoms with Gasteiger partial charge in [0.15, 0.2) is 0 Å². The van der Waals surface area contributed by atoms with E-state index >= 15 is 0 Å². The lowest BCUT2D eigenvalue weighted by molar-refractivity contribution is 0.860. The van der Waals surface area contributed by atoms with Crippen molar-refractivity contribution in [1.82, 2.24) is 20.3 Å². The van der Waals surface area contributed by atoms with Crippen molar-refractivity contribution in [3.63, 3.8) is 0 Å². The zero-order valence-electron chi connectivity index (χ0n) is 16.6. The molecule has 5 heteroatoms. The van der Waals surface area contributed by atoms with Crippen molar-refractivity contribution < 1.29 is 0 Å². The summed E-state index contributed by atoms with van der Waals surface area (Å²) in [4.78, 5) is 12.5. The average molecular weight is 383 g/mol. The van der Waals surface area contributed by atoms with Gasteiger partial charge in [-0.3, -0.25) is 4.98 Å². The van der Waals surface area contributed by atoms with Gasteiger partial charge in [-0.2, -0.15) is 0 Å². The molecule has 0 saturated heterocycles. The average Bonchev–Trinajstić information content (AvgIpc) is 3.16. The van der Waals surface area contributed by atoms with Gasteiger partial charge in [0.2, 0.25) is 5.95 Å². The standard InChI is InChI=1S/C24H25N5/c1-3-26-17(2)27-24-28-22-15-21(20-10-7-13-25-16-20)14-19(23(22)29-24)12-11-18-8-5-4-6-9-18/h4-10,13-16,26H,2-3,11-12H2,1H3,(H2,27,28,29). The van der Waals surface area contributed by atoms with Crippen LogP contribution in [0.2, 0.25) is 0 Å². The molecule has 4 aromatic rings. The van der Waals surface area contributed by atoms with E-state index in [1.807, 2.05) is 25.3 Å². The molecule has 0 radical (unpaired) electrons. The van der Waals surface area contributed by atoms with Crippen LogP contribution in [0.25, 0.3) is 22.2 Å². The number of aryl methyl sites for hydroxylation is 2. The smallest absolute Gasteiger partial charge is 0.206 e. The SMILES string of the molecule is C=C(NCC)Nc1nc2c(CCc3ccccc3)cc(-c3cccnc3)cc2[nH]1. The van der Waals surface area contributed by atoms with E-state index in [9.17, 15) is 0 Å². The Kier molecular flexibility index (Phi) is 5.56. The van der Waals surface area contributed by atoms with E-state index in [4.69, 9.17) is 4.98 Å². The minimum absolute atomic E-state index is 0.690. The predicted octanol–water partition coefficient (Wildman–Crippen LogP) is 4.90. The number of fused-ring (bicyclic) bond motifs is 1. The van der Waals surface area contributed by atoms with Gasteiger partial charge in [0.05, 0.1) is 16.9 Å². The first-order chi connectivity index (χ1) is 14.2. The molecule has 0 atom stereocenters. The molecule has 0 amide bonds. The topological polar surface area (TPSA) is 65.6 Å². The Bertz CT molecular complexity index is 1100. The van der Waals surface area contributed by atoms with Crippen LogP contribution in [0.4, 0.5) is 5.95 Å². The van der Waals surface area contributed by atoms with Crippen LogP contribution in [0, 0.1) is 0 Å². The van der Waals surface area contributed by atoms with Gasteiger partial charge < -0.3 is 15.6 Å². The largest absolute Gasteiger partial charge is 0.372 e. The molecule has 0 unspecified atom stereocenters. The Balaban J connectivity index is 1.71. The first-order valence-electron chi connectivity index (χ1n) is 9.89. The van der Waals surface area contributed by atoms with Gasteiger partial charge >= 0.3 is 0 Å². The highest BCUT2D eigenvalue weighted by atomic mass is 15.2. The zero-order valence-corrected chi connectivity index (χ0v) is 16.6. The first-order valence-corrected chi connectivity index (χ1v) is 9.89. The minimum atomic E-state index is 0.690. The number of anilines is 1. The summed E-state index contributed by atoms with van der Waals surface area (Å²) in [5.41, 5.74) is 6.75. The predicted molar refractivity (Wildman–Crippen MR) is 120 cm³/mol. The minimum Gasteiger partial charge on any atom is -0.372 e. The number of hydrogen-bond donors (Lipinski definition) is 3. The summed E-state index contributed by atoms with van der Waals surface area (Å²) in [6.45, 7) is 6.82. The summed E-state index contributed by atoms with van der Waals surface area (Å²) in [7, 11) is 0. The summed E-state index contributed by atoms with van der Waals surface area (Å²) in [6.07, 6.45) is 5.56. The van der Waals surface area contributed by atoms with E-state index in [1.54, 1.807) is 6.20 Å². The normalized spacial score (nSPS) is 10.8. The molecule has 3 N–H and O–H groups in total. The lowest BCUT2D eigenvalue weighted by atomic mass is 9.98. The number of rotatable bonds is 8. The number of nitrogens with zero attached hydrogens (tertiary/aromatic N) is 2. The van der Waals surface area contributed by atoms with Gasteiger partial charge in [-0.1, -0.05) is 43.0 Å². The number of imidazole rings is 1. The van der Waals surface area contributed by atoms with Crippen LogP contribution in [0.15, 0.2) is 79.4 Å². The Hall–Kier alpha value is -3.60. The number of aromatic amines is 1. The zero-order chi connectivity index (χ0) is 20.1. The molecule has 2 aromatic carbocycles. The number of pyridine rings is 1. The maximum Gasteiger partial charge on any atom is 0.206 e. The fraction of sp³-hybridized carbons (Fsp3) is 0.167. The fourth-order valence-electron chi connectivity index (χ4n) is 3.46. The molecular formula is C24H25N5. The van der Waals surface area contributed by atoms with Gasteiger partial charge in [0, 0.05) is 24.5 Å². The van der Waals surface area contributed by atoms with Crippen LogP contribution >= 0.6 is 0 Å². The summed E-state index contributed by atoms with van der Waals surface area (Å²) in [5.74, 6) is 1.42. The lowest BCUT2D eigenvalue weighted by Crippen LogP contribution is -2.18. The number of nitrogens with one attached hydrogen (secondary N) is 3. The first kappa shape index (κ1) is 18.7. The molecular weight excluding hydrogens is 358 g/mol. The molecule has 5 nitrogen and oxygen atoms in total. The summed E-state index contributed by atoms with van der Waals surface area (Å²) >= 11 is 0. The van der Waals surface area contributed by atoms with Gasteiger partial charge in [0.25, 0.3) is 0 Å². The molecule has 2 aromatic heterocycles. The van der Waals surface area contributed by atoms with E-state index in [0.29, 0.717) is 5.95 Å². The second kappa shape index (κ2) is 8.61.